The molecule has 0 unspecified atom stereocenters. The number of benzene rings is 2. The second kappa shape index (κ2) is 10.3. The number of rotatable bonds is 7. The number of hydrogen-bond donors (Lipinski definition) is 3. The minimum absolute atomic E-state index is 0.00728. The summed E-state index contributed by atoms with van der Waals surface area (Å²) >= 11 is 0. The number of aromatic nitrogens is 4. The molecule has 5 rings (SSSR count). The molecule has 2 heterocycles. The van der Waals surface area contributed by atoms with Crippen LogP contribution in [0.25, 0.3) is 5.78 Å². The Morgan fingerprint density at radius 3 is 2.70 bits per heavy atom. The lowest BCUT2D eigenvalue weighted by atomic mass is 9.98. The molecule has 1 atom stereocenters. The molecule has 11 nitrogen and oxygen atoms in total. The monoisotopic (exact) mass is 554 g/mol. The van der Waals surface area contributed by atoms with Crippen molar-refractivity contribution >= 4 is 23.6 Å². The van der Waals surface area contributed by atoms with Crippen molar-refractivity contribution in [3.63, 3.8) is 0 Å². The van der Waals surface area contributed by atoms with E-state index in [9.17, 15) is 32.7 Å². The molecule has 0 aliphatic heterocycles. The minimum atomic E-state index is -4.85. The van der Waals surface area contributed by atoms with Gasteiger partial charge in [0.2, 0.25) is 0 Å². The van der Waals surface area contributed by atoms with Crippen LogP contribution in [0.5, 0.6) is 5.75 Å². The Morgan fingerprint density at radius 2 is 1.95 bits per heavy atom. The Morgan fingerprint density at radius 1 is 1.15 bits per heavy atom. The van der Waals surface area contributed by atoms with Gasteiger partial charge >= 0.3 is 12.3 Å². The van der Waals surface area contributed by atoms with E-state index in [2.05, 4.69) is 30.4 Å². The zero-order valence-corrected chi connectivity index (χ0v) is 20.8. The highest BCUT2D eigenvalue weighted by atomic mass is 19.4. The van der Waals surface area contributed by atoms with E-state index in [0.717, 1.165) is 23.3 Å². The molecule has 2 amide bonds. The highest BCUT2D eigenvalue weighted by molar-refractivity contribution is 5.98. The maximum Gasteiger partial charge on any atom is 0.573 e. The Kier molecular flexibility index (Phi) is 6.83. The molecule has 0 fully saturated rings. The van der Waals surface area contributed by atoms with Crippen molar-refractivity contribution in [2.24, 2.45) is 0 Å². The fraction of sp³-hybridized carbons (Fsp3) is 0.231. The summed E-state index contributed by atoms with van der Waals surface area (Å²) in [5, 5.41) is 18.9. The molecular weight excluding hydrogens is 533 g/mol. The number of carbonyl (C=O) groups is 3. The fourth-order valence-corrected chi connectivity index (χ4v) is 4.71. The number of nitrogens with zero attached hydrogens (tertiary/aromatic N) is 4. The van der Waals surface area contributed by atoms with Crippen LogP contribution in [0.4, 0.5) is 13.2 Å². The van der Waals surface area contributed by atoms with Crippen LogP contribution in [0.15, 0.2) is 48.8 Å². The molecule has 1 aliphatic rings. The van der Waals surface area contributed by atoms with Crippen molar-refractivity contribution in [1.29, 1.82) is 0 Å². The van der Waals surface area contributed by atoms with E-state index in [1.165, 1.54) is 35.1 Å². The van der Waals surface area contributed by atoms with Crippen molar-refractivity contribution in [2.75, 3.05) is 0 Å². The molecule has 206 valence electrons. The molecular formula is C26H21F3N6O5. The van der Waals surface area contributed by atoms with Gasteiger partial charge in [0, 0.05) is 12.6 Å². The third-order valence-electron chi connectivity index (χ3n) is 6.53. The number of aromatic carboxylic acids is 1. The summed E-state index contributed by atoms with van der Waals surface area (Å²) in [7, 11) is 0. The maximum atomic E-state index is 13.3. The predicted molar refractivity (Wildman–Crippen MR) is 132 cm³/mol. The molecule has 0 saturated carbocycles. The zero-order chi connectivity index (χ0) is 28.6. The first kappa shape index (κ1) is 26.6. The SMILES string of the molecule is Cc1c(C(=O)O)ccc2c1CC[C@@H]2NC(=O)c1cc(C(=O)NCc2cccc(OC(F)(F)F)c2)nc2ncnn12. The molecule has 1 aliphatic carbocycles. The topological polar surface area (TPSA) is 148 Å². The molecule has 14 heteroatoms. The number of ether oxygens (including phenoxy) is 1. The largest absolute Gasteiger partial charge is 0.573 e. The average Bonchev–Trinajstić information content (AvgIpc) is 3.53. The third-order valence-corrected chi connectivity index (χ3v) is 6.53. The van der Waals surface area contributed by atoms with Crippen LogP contribution in [0.3, 0.4) is 0 Å². The van der Waals surface area contributed by atoms with Gasteiger partial charge in [0.25, 0.3) is 17.6 Å². The molecule has 2 aromatic heterocycles. The van der Waals surface area contributed by atoms with Gasteiger partial charge in [0.1, 0.15) is 23.5 Å². The van der Waals surface area contributed by atoms with Gasteiger partial charge in [-0.2, -0.15) is 14.6 Å². The van der Waals surface area contributed by atoms with Gasteiger partial charge in [-0.15, -0.1) is 13.2 Å². The summed E-state index contributed by atoms with van der Waals surface area (Å²) in [6.07, 6.45) is -2.53. The van der Waals surface area contributed by atoms with Crippen LogP contribution < -0.4 is 15.4 Å². The van der Waals surface area contributed by atoms with Crippen molar-refractivity contribution < 1.29 is 37.4 Å². The highest BCUT2D eigenvalue weighted by Crippen LogP contribution is 2.35. The van der Waals surface area contributed by atoms with E-state index in [0.29, 0.717) is 24.0 Å². The quantitative estimate of drug-likeness (QED) is 0.315. The smallest absolute Gasteiger partial charge is 0.478 e. The van der Waals surface area contributed by atoms with E-state index < -0.39 is 29.9 Å². The second-order valence-corrected chi connectivity index (χ2v) is 9.05. The number of hydrogen-bond acceptors (Lipinski definition) is 7. The Balaban J connectivity index is 1.34. The van der Waals surface area contributed by atoms with Crippen molar-refractivity contribution in [2.45, 2.75) is 38.7 Å². The summed E-state index contributed by atoms with van der Waals surface area (Å²) in [6.45, 7) is 1.60. The highest BCUT2D eigenvalue weighted by Gasteiger charge is 2.31. The number of alkyl halides is 3. The van der Waals surface area contributed by atoms with E-state index in [-0.39, 0.29) is 35.3 Å². The number of fused-ring (bicyclic) bond motifs is 2. The number of carbonyl (C=O) groups excluding carboxylic acids is 2. The minimum Gasteiger partial charge on any atom is -0.478 e. The van der Waals surface area contributed by atoms with Crippen LogP contribution in [0.1, 0.15) is 66.1 Å². The number of halogens is 3. The number of carboxylic acids is 1. The van der Waals surface area contributed by atoms with Gasteiger partial charge in [-0.1, -0.05) is 18.2 Å². The molecule has 0 spiro atoms. The number of carboxylic acid groups (broad SMARTS) is 1. The van der Waals surface area contributed by atoms with E-state index in [1.54, 1.807) is 13.0 Å². The van der Waals surface area contributed by atoms with Crippen LogP contribution in [0, 0.1) is 6.92 Å². The summed E-state index contributed by atoms with van der Waals surface area (Å²) < 4.78 is 42.6. The molecule has 3 N–H and O–H groups in total. The third kappa shape index (κ3) is 5.41. The zero-order valence-electron chi connectivity index (χ0n) is 20.8. The molecule has 4 aromatic rings. The Labute approximate surface area is 224 Å². The summed E-state index contributed by atoms with van der Waals surface area (Å²) in [6, 6.07) is 9.20. The fourth-order valence-electron chi connectivity index (χ4n) is 4.71. The standard InChI is InChI=1S/C26H21F3N6O5/c1-13-16-7-8-19(18(16)6-5-17(13)24(38)39)33-23(37)21-10-20(34-25-31-12-32-35(21)25)22(36)30-11-14-3-2-4-15(9-14)40-26(27,28)29/h2-6,9-10,12,19H,7-8,11H2,1H3,(H,30,36)(H,33,37)(H,38,39)/t19-/m0/s1. The van der Waals surface area contributed by atoms with E-state index >= 15 is 0 Å². The number of nitrogens with one attached hydrogen (secondary N) is 2. The molecule has 2 aromatic carbocycles. The molecule has 0 saturated heterocycles. The van der Waals surface area contributed by atoms with Crippen LogP contribution in [0.2, 0.25) is 0 Å². The van der Waals surface area contributed by atoms with Gasteiger partial charge in [-0.05, 0) is 60.2 Å². The average molecular weight is 554 g/mol. The first-order valence-corrected chi connectivity index (χ1v) is 12.0. The second-order valence-electron chi connectivity index (χ2n) is 9.05. The van der Waals surface area contributed by atoms with Crippen LogP contribution >= 0.6 is 0 Å². The lowest BCUT2D eigenvalue weighted by Gasteiger charge is -2.16. The van der Waals surface area contributed by atoms with Gasteiger partial charge in [0.05, 0.1) is 11.6 Å². The first-order chi connectivity index (χ1) is 19.0. The summed E-state index contributed by atoms with van der Waals surface area (Å²) in [5.41, 5.74) is 2.73. The van der Waals surface area contributed by atoms with Gasteiger partial charge in [-0.25, -0.2) is 9.78 Å². The maximum absolute atomic E-state index is 13.3. The van der Waals surface area contributed by atoms with Crippen molar-refractivity contribution in [1.82, 2.24) is 30.2 Å². The molecule has 0 bridgehead atoms. The number of amides is 2. The first-order valence-electron chi connectivity index (χ1n) is 12.0. The van der Waals surface area contributed by atoms with Crippen LogP contribution in [-0.2, 0) is 13.0 Å². The normalized spacial score (nSPS) is 14.6. The lowest BCUT2D eigenvalue weighted by molar-refractivity contribution is -0.274. The van der Waals surface area contributed by atoms with Crippen molar-refractivity contribution in [3.8, 4) is 5.75 Å². The summed E-state index contributed by atoms with van der Waals surface area (Å²) in [5.74, 6) is -2.70. The van der Waals surface area contributed by atoms with Crippen molar-refractivity contribution in [3.05, 3.63) is 88.0 Å². The van der Waals surface area contributed by atoms with Gasteiger partial charge < -0.3 is 20.5 Å². The lowest BCUT2D eigenvalue weighted by Crippen LogP contribution is -2.30. The summed E-state index contributed by atoms with van der Waals surface area (Å²) in [4.78, 5) is 45.8. The van der Waals surface area contributed by atoms with Gasteiger partial charge in [0.15, 0.2) is 0 Å². The van der Waals surface area contributed by atoms with Gasteiger partial charge in [-0.3, -0.25) is 9.59 Å². The Hall–Kier alpha value is -5.01. The Bertz CT molecular complexity index is 1650. The van der Waals surface area contributed by atoms with E-state index in [1.807, 2.05) is 0 Å². The molecule has 0 radical (unpaired) electrons. The predicted octanol–water partition coefficient (Wildman–Crippen LogP) is 3.38. The molecule has 40 heavy (non-hydrogen) atoms. The van der Waals surface area contributed by atoms with Crippen LogP contribution in [-0.4, -0.2) is 48.8 Å². The van der Waals surface area contributed by atoms with E-state index in [4.69, 9.17) is 0 Å².